The number of carbonyl (C=O) groups is 7. The number of ketones is 7. The molecule has 0 radical (unpaired) electrons. The Morgan fingerprint density at radius 2 is 0.629 bits per heavy atom. The molecule has 0 aromatic heterocycles. The third-order valence-electron chi connectivity index (χ3n) is 19.3. The second-order valence-electron chi connectivity index (χ2n) is 29.7. The van der Waals surface area contributed by atoms with Crippen LogP contribution in [0, 0.1) is 65.1 Å². The normalized spacial score (nSPS) is 34.2. The van der Waals surface area contributed by atoms with E-state index in [0.717, 1.165) is 70.6 Å². The summed E-state index contributed by atoms with van der Waals surface area (Å²) in [6, 6.07) is -0.350. The third-order valence-corrected chi connectivity index (χ3v) is 19.3. The first-order valence-corrected chi connectivity index (χ1v) is 32.9. The zero-order chi connectivity index (χ0) is 66.2. The van der Waals surface area contributed by atoms with Crippen molar-refractivity contribution in [3.05, 3.63) is 0 Å². The first kappa shape index (κ1) is 92.7. The van der Waals surface area contributed by atoms with E-state index in [1.165, 1.54) is 0 Å². The summed E-state index contributed by atoms with van der Waals surface area (Å²) < 4.78 is 0. The third kappa shape index (κ3) is 25.9. The van der Waals surface area contributed by atoms with Crippen LogP contribution in [-0.2, 0) is 33.6 Å². The molecule has 17 nitrogen and oxygen atoms in total. The predicted molar refractivity (Wildman–Crippen MR) is 363 cm³/mol. The smallest absolute Gasteiger partial charge is 0.168 e. The van der Waals surface area contributed by atoms with Crippen LogP contribution in [0.1, 0.15) is 296 Å². The van der Waals surface area contributed by atoms with E-state index in [1.807, 2.05) is 96.9 Å². The highest BCUT2D eigenvalue weighted by Crippen LogP contribution is 2.41. The lowest BCUT2D eigenvalue weighted by molar-refractivity contribution is -0.159. The lowest BCUT2D eigenvalue weighted by atomic mass is 9.66. The van der Waals surface area contributed by atoms with Crippen LogP contribution in [0.2, 0.25) is 0 Å². The molecule has 17 heteroatoms. The van der Waals surface area contributed by atoms with Crippen molar-refractivity contribution >= 4 is 40.5 Å². The number of aliphatic hydroxyl groups is 7. The average Bonchev–Trinajstić information content (AvgIpc) is 1.96. The maximum Gasteiger partial charge on any atom is 0.168 e. The van der Waals surface area contributed by atoms with E-state index in [1.54, 1.807) is 13.8 Å². The fraction of sp³-hybridized carbons (Fsp3) is 0.903. The molecule has 0 spiro atoms. The van der Waals surface area contributed by atoms with Crippen LogP contribution in [0.4, 0.5) is 0 Å². The van der Waals surface area contributed by atoms with Gasteiger partial charge in [-0.05, 0) is 152 Å². The van der Waals surface area contributed by atoms with E-state index in [2.05, 4.69) is 13.8 Å². The highest BCUT2D eigenvalue weighted by molar-refractivity contribution is 5.92. The van der Waals surface area contributed by atoms with Gasteiger partial charge in [0.1, 0.15) is 39.2 Å². The van der Waals surface area contributed by atoms with Crippen LogP contribution in [0.25, 0.3) is 0 Å². The Labute approximate surface area is 542 Å². The Balaban J connectivity index is -0.000000470. The molecule has 10 unspecified atom stereocenters. The summed E-state index contributed by atoms with van der Waals surface area (Å²) in [5, 5.41) is 69.6. The Hall–Kier alpha value is -2.71. The summed E-state index contributed by atoms with van der Waals surface area (Å²) in [5.41, 5.74) is 9.45. The maximum atomic E-state index is 11.7. The molecule has 0 amide bonds. The standard InChI is InChI=1S/2C11H20O2.C10H19NO2.C10H18O2.C9H17NO2.C9H16O2.C8H15NO2.4CH4/c1-8(2)10(12)11(13)6-4-9(3)5-7-11;1-8(2)10(12)11(13)6-4-5-9(3)7-11;1-7(2)9(12)10(13)6-4-3-5-8(10)11;1-7(2)9(11)10(12)6-4-5-8(10)3;1-6(2)8(11)9(12)4-3-7(10)5-9;1-6(2)8(10)9(11)5-4-7(9)3;1-5(2)7(10)8(11)3-6(9)4-8;;;;/h2*8-9,13H,4-7H2,1-3H3;7-8,13H,3-6,11H2,1-2H3;7-8,12H,4-6H2,1-3H3;6-7,12H,3-5,10H2,1-2H3;6-7,11H,4-5H2,1-3H3;5-6,11H,3-4,9H2,1-2H3;4*1H4. The second kappa shape index (κ2) is 39.2. The van der Waals surface area contributed by atoms with Gasteiger partial charge in [0.05, 0.1) is 0 Å². The van der Waals surface area contributed by atoms with Gasteiger partial charge in [0.15, 0.2) is 40.5 Å². The van der Waals surface area contributed by atoms with Gasteiger partial charge in [-0.25, -0.2) is 0 Å². The summed E-state index contributed by atoms with van der Waals surface area (Å²) >= 11 is 0. The van der Waals surface area contributed by atoms with Crippen molar-refractivity contribution in [1.82, 2.24) is 0 Å². The molecule has 7 aliphatic carbocycles. The number of rotatable bonds is 14. The summed E-state index contributed by atoms with van der Waals surface area (Å²) in [4.78, 5) is 80.9. The van der Waals surface area contributed by atoms with Crippen LogP contribution < -0.4 is 17.2 Å². The fourth-order valence-corrected chi connectivity index (χ4v) is 13.3. The Bertz CT molecular complexity index is 2150. The lowest BCUT2D eigenvalue weighted by Gasteiger charge is -2.43. The highest BCUT2D eigenvalue weighted by Gasteiger charge is 2.50. The molecule has 7 fully saturated rings. The largest absolute Gasteiger partial charge is 0.382 e. The molecule has 7 rings (SSSR count). The number of carbonyl (C=O) groups excluding carboxylic acids is 7. The monoisotopic (exact) mass is 1270 g/mol. The number of nitrogens with two attached hydrogens (primary N) is 3. The van der Waals surface area contributed by atoms with Gasteiger partial charge in [-0.15, -0.1) is 0 Å². The zero-order valence-electron chi connectivity index (χ0n) is 56.4. The number of hydrogen-bond donors (Lipinski definition) is 10. The molecular formula is C72H141N3O14. The molecule has 0 bridgehead atoms. The van der Waals surface area contributed by atoms with Gasteiger partial charge in [0.25, 0.3) is 0 Å². The van der Waals surface area contributed by atoms with Gasteiger partial charge in [-0.3, -0.25) is 33.6 Å². The molecule has 0 aromatic rings. The molecule has 0 heterocycles. The summed E-state index contributed by atoms with van der Waals surface area (Å²) in [6.45, 7) is 33.8. The van der Waals surface area contributed by atoms with E-state index in [4.69, 9.17) is 17.2 Å². The topological polar surface area (TPSA) is 339 Å². The Kier molecular flexibility index (Phi) is 40.9. The number of Topliss-reactive ketones (excluding diaryl/α,β-unsaturated/α-hetero) is 7. The van der Waals surface area contributed by atoms with Gasteiger partial charge in [-0.2, -0.15) is 0 Å². The predicted octanol–water partition coefficient (Wildman–Crippen LogP) is 11.3. The van der Waals surface area contributed by atoms with E-state index in [0.29, 0.717) is 82.5 Å². The maximum absolute atomic E-state index is 11.7. The zero-order valence-corrected chi connectivity index (χ0v) is 56.4. The van der Waals surface area contributed by atoms with Gasteiger partial charge >= 0.3 is 0 Å². The quantitative estimate of drug-likeness (QED) is 0.0772. The van der Waals surface area contributed by atoms with Crippen LogP contribution >= 0.6 is 0 Å². The first-order valence-electron chi connectivity index (χ1n) is 32.9. The first-order chi connectivity index (χ1) is 38.8. The van der Waals surface area contributed by atoms with Crippen molar-refractivity contribution in [2.45, 2.75) is 353 Å². The minimum atomic E-state index is -1.24. The van der Waals surface area contributed by atoms with Crippen LogP contribution in [0.5, 0.6) is 0 Å². The summed E-state index contributed by atoms with van der Waals surface area (Å²) in [6.07, 6.45) is 16.8. The molecule has 528 valence electrons. The fourth-order valence-electron chi connectivity index (χ4n) is 13.3. The minimum absolute atomic E-state index is 0. The van der Waals surface area contributed by atoms with E-state index < -0.39 is 39.2 Å². The molecular weight excluding hydrogens is 1130 g/mol. The molecule has 0 aliphatic heterocycles. The van der Waals surface area contributed by atoms with Gasteiger partial charge in [0.2, 0.25) is 0 Å². The van der Waals surface area contributed by atoms with Crippen molar-refractivity contribution < 1.29 is 69.3 Å². The molecule has 0 saturated heterocycles. The van der Waals surface area contributed by atoms with Gasteiger partial charge < -0.3 is 52.9 Å². The SMILES string of the molecule is C.C.C.C.CC(C)C(=O)C1(O)CC(N)C1.CC(C)C(=O)C1(O)CCC(N)C1.CC(C)C(=O)C1(O)CCC1C.CC(C)C(=O)C1(O)CCCC1C.CC(C)C(=O)C1(O)CCCCC1N.CC1CCC(O)(C(=O)C(C)C)CC1.CC1CCCC(O)(C(=O)C(C)C)C1. The van der Waals surface area contributed by atoms with E-state index in [-0.39, 0.29) is 142 Å². The Morgan fingerprint density at radius 1 is 0.303 bits per heavy atom. The van der Waals surface area contributed by atoms with Crippen LogP contribution in [0.3, 0.4) is 0 Å². The molecule has 7 aliphatic rings. The van der Waals surface area contributed by atoms with Gasteiger partial charge in [-0.1, -0.05) is 167 Å². The number of hydrogen-bond acceptors (Lipinski definition) is 17. The van der Waals surface area contributed by atoms with E-state index >= 15 is 0 Å². The van der Waals surface area contributed by atoms with Crippen molar-refractivity contribution in [3.8, 4) is 0 Å². The lowest BCUT2D eigenvalue weighted by Crippen LogP contribution is -2.57. The Morgan fingerprint density at radius 3 is 0.933 bits per heavy atom. The summed E-state index contributed by atoms with van der Waals surface area (Å²) in [7, 11) is 0. The molecule has 10 atom stereocenters. The van der Waals surface area contributed by atoms with Crippen LogP contribution in [-0.4, -0.2) is 134 Å². The summed E-state index contributed by atoms with van der Waals surface area (Å²) in [5.74, 6) is 0.831. The van der Waals surface area contributed by atoms with E-state index in [9.17, 15) is 69.3 Å². The molecule has 89 heavy (non-hydrogen) atoms. The molecule has 0 aromatic carbocycles. The van der Waals surface area contributed by atoms with Crippen molar-refractivity contribution in [2.75, 3.05) is 0 Å². The van der Waals surface area contributed by atoms with Crippen LogP contribution in [0.15, 0.2) is 0 Å². The second-order valence-corrected chi connectivity index (χ2v) is 29.7. The van der Waals surface area contributed by atoms with Crippen molar-refractivity contribution in [2.24, 2.45) is 82.3 Å². The van der Waals surface area contributed by atoms with Gasteiger partial charge in [0, 0.05) is 59.6 Å². The molecule has 13 N–H and O–H groups in total. The minimum Gasteiger partial charge on any atom is -0.382 e. The van der Waals surface area contributed by atoms with Crippen molar-refractivity contribution in [3.63, 3.8) is 0 Å². The highest BCUT2D eigenvalue weighted by atomic mass is 16.3. The van der Waals surface area contributed by atoms with Crippen molar-refractivity contribution in [1.29, 1.82) is 0 Å². The molecule has 7 saturated carbocycles. The average molecular weight is 1270 g/mol.